The van der Waals surface area contributed by atoms with Crippen LogP contribution in [-0.2, 0) is 14.3 Å². The van der Waals surface area contributed by atoms with E-state index in [1.54, 1.807) is 6.92 Å². The number of nitrogens with one attached hydrogen (secondary N) is 1. The van der Waals surface area contributed by atoms with Crippen molar-refractivity contribution in [2.75, 3.05) is 20.3 Å². The first-order chi connectivity index (χ1) is 5.58. The first kappa shape index (κ1) is 9.48. The average Bonchev–Trinajstić information content (AvgIpc) is 2.09. The molecule has 0 spiro atoms. The minimum absolute atomic E-state index is 0.169. The zero-order valence-corrected chi connectivity index (χ0v) is 7.72. The van der Waals surface area contributed by atoms with E-state index in [9.17, 15) is 4.79 Å². The van der Waals surface area contributed by atoms with Gasteiger partial charge in [0.25, 0.3) is 0 Å². The average molecular weight is 173 g/mol. The zero-order valence-electron chi connectivity index (χ0n) is 7.72. The Morgan fingerprint density at radius 1 is 1.75 bits per heavy atom. The third-order valence-electron chi connectivity index (χ3n) is 2.07. The summed E-state index contributed by atoms with van der Waals surface area (Å²) in [6, 6.07) is 0. The molecule has 1 aliphatic rings. The molecule has 1 heterocycles. The van der Waals surface area contributed by atoms with Gasteiger partial charge in [-0.2, -0.15) is 0 Å². The SMILES string of the molecule is COC(=O)C1(C)COC(C)CN1. The van der Waals surface area contributed by atoms with Gasteiger partial charge >= 0.3 is 5.97 Å². The Hall–Kier alpha value is -0.610. The van der Waals surface area contributed by atoms with Crippen LogP contribution in [0.3, 0.4) is 0 Å². The number of hydrogen-bond donors (Lipinski definition) is 1. The summed E-state index contributed by atoms with van der Waals surface area (Å²) in [5.41, 5.74) is -0.665. The van der Waals surface area contributed by atoms with Crippen molar-refractivity contribution in [3.05, 3.63) is 0 Å². The fourth-order valence-electron chi connectivity index (χ4n) is 1.14. The Morgan fingerprint density at radius 3 is 2.83 bits per heavy atom. The Balaban J connectivity index is 2.55. The summed E-state index contributed by atoms with van der Waals surface area (Å²) in [5, 5.41) is 3.10. The van der Waals surface area contributed by atoms with Crippen molar-refractivity contribution in [1.82, 2.24) is 5.32 Å². The molecule has 1 saturated heterocycles. The number of esters is 1. The van der Waals surface area contributed by atoms with Crippen LogP contribution in [0.5, 0.6) is 0 Å². The largest absolute Gasteiger partial charge is 0.468 e. The van der Waals surface area contributed by atoms with Crippen LogP contribution in [0.2, 0.25) is 0 Å². The highest BCUT2D eigenvalue weighted by atomic mass is 16.5. The van der Waals surface area contributed by atoms with Crippen molar-refractivity contribution >= 4 is 5.97 Å². The van der Waals surface area contributed by atoms with Gasteiger partial charge in [0.2, 0.25) is 0 Å². The molecule has 1 rings (SSSR count). The fourth-order valence-corrected chi connectivity index (χ4v) is 1.14. The molecule has 0 amide bonds. The highest BCUT2D eigenvalue weighted by molar-refractivity contribution is 5.80. The maximum absolute atomic E-state index is 11.2. The van der Waals surface area contributed by atoms with E-state index in [4.69, 9.17) is 4.74 Å². The van der Waals surface area contributed by atoms with Crippen molar-refractivity contribution in [1.29, 1.82) is 0 Å². The Kier molecular flexibility index (Phi) is 2.69. The topological polar surface area (TPSA) is 47.6 Å². The second-order valence-corrected chi connectivity index (χ2v) is 3.33. The van der Waals surface area contributed by atoms with Gasteiger partial charge in [-0.15, -0.1) is 0 Å². The Morgan fingerprint density at radius 2 is 2.42 bits per heavy atom. The van der Waals surface area contributed by atoms with E-state index in [0.717, 1.165) is 0 Å². The van der Waals surface area contributed by atoms with Crippen LogP contribution in [0.4, 0.5) is 0 Å². The first-order valence-corrected chi connectivity index (χ1v) is 4.03. The minimum Gasteiger partial charge on any atom is -0.468 e. The van der Waals surface area contributed by atoms with Gasteiger partial charge in [0.15, 0.2) is 0 Å². The summed E-state index contributed by atoms with van der Waals surface area (Å²) >= 11 is 0. The zero-order chi connectivity index (χ0) is 9.19. The van der Waals surface area contributed by atoms with Gasteiger partial charge in [-0.3, -0.25) is 5.32 Å². The lowest BCUT2D eigenvalue weighted by Gasteiger charge is -2.34. The molecular weight excluding hydrogens is 158 g/mol. The molecule has 2 unspecified atom stereocenters. The van der Waals surface area contributed by atoms with Gasteiger partial charge in [-0.05, 0) is 13.8 Å². The molecule has 4 heteroatoms. The number of methoxy groups -OCH3 is 1. The van der Waals surface area contributed by atoms with E-state index < -0.39 is 5.54 Å². The van der Waals surface area contributed by atoms with Crippen LogP contribution < -0.4 is 5.32 Å². The fraction of sp³-hybridized carbons (Fsp3) is 0.875. The summed E-state index contributed by atoms with van der Waals surface area (Å²) in [5.74, 6) is -0.269. The molecule has 1 aliphatic heterocycles. The number of morpholine rings is 1. The number of rotatable bonds is 1. The summed E-state index contributed by atoms with van der Waals surface area (Å²) in [7, 11) is 1.38. The molecular formula is C8H15NO3. The molecule has 1 N–H and O–H groups in total. The molecule has 2 atom stereocenters. The number of hydrogen-bond acceptors (Lipinski definition) is 4. The molecule has 0 aromatic carbocycles. The van der Waals surface area contributed by atoms with Crippen LogP contribution in [0.15, 0.2) is 0 Å². The van der Waals surface area contributed by atoms with Crippen molar-refractivity contribution in [2.24, 2.45) is 0 Å². The van der Waals surface area contributed by atoms with Crippen LogP contribution in [-0.4, -0.2) is 37.9 Å². The highest BCUT2D eigenvalue weighted by Crippen LogP contribution is 2.13. The van der Waals surface area contributed by atoms with Crippen LogP contribution >= 0.6 is 0 Å². The Bertz CT molecular complexity index is 173. The van der Waals surface area contributed by atoms with Gasteiger partial charge in [0.1, 0.15) is 5.54 Å². The number of carbonyl (C=O) groups excluding carboxylic acids is 1. The molecule has 0 saturated carbocycles. The maximum Gasteiger partial charge on any atom is 0.328 e. The molecule has 0 bridgehead atoms. The monoisotopic (exact) mass is 173 g/mol. The molecule has 4 nitrogen and oxygen atoms in total. The standard InChI is InChI=1S/C8H15NO3/c1-6-4-9-8(2,5-12-6)7(10)11-3/h6,9H,4-5H2,1-3H3. The highest BCUT2D eigenvalue weighted by Gasteiger charge is 2.37. The predicted molar refractivity (Wildman–Crippen MR) is 43.8 cm³/mol. The van der Waals surface area contributed by atoms with E-state index >= 15 is 0 Å². The van der Waals surface area contributed by atoms with Gasteiger partial charge in [0, 0.05) is 6.54 Å². The third-order valence-corrected chi connectivity index (χ3v) is 2.07. The Labute approximate surface area is 72.2 Å². The molecule has 1 fully saturated rings. The smallest absolute Gasteiger partial charge is 0.328 e. The lowest BCUT2D eigenvalue weighted by molar-refractivity contribution is -0.155. The van der Waals surface area contributed by atoms with Crippen molar-refractivity contribution in [3.63, 3.8) is 0 Å². The molecule has 70 valence electrons. The lowest BCUT2D eigenvalue weighted by atomic mass is 10.0. The van der Waals surface area contributed by atoms with E-state index in [1.165, 1.54) is 7.11 Å². The predicted octanol–water partition coefficient (Wildman–Crippen LogP) is -0.0736. The van der Waals surface area contributed by atoms with E-state index in [2.05, 4.69) is 10.1 Å². The third kappa shape index (κ3) is 1.76. The molecule has 12 heavy (non-hydrogen) atoms. The molecule has 0 aromatic rings. The quantitative estimate of drug-likeness (QED) is 0.564. The normalized spacial score (nSPS) is 36.1. The van der Waals surface area contributed by atoms with Gasteiger partial charge in [0.05, 0.1) is 19.8 Å². The summed E-state index contributed by atoms with van der Waals surface area (Å²) in [6.07, 6.45) is 0.169. The van der Waals surface area contributed by atoms with Gasteiger partial charge in [-0.25, -0.2) is 4.79 Å². The van der Waals surface area contributed by atoms with Crippen LogP contribution in [0.25, 0.3) is 0 Å². The van der Waals surface area contributed by atoms with Crippen molar-refractivity contribution in [2.45, 2.75) is 25.5 Å². The van der Waals surface area contributed by atoms with Crippen molar-refractivity contribution < 1.29 is 14.3 Å². The maximum atomic E-state index is 11.2. The minimum atomic E-state index is -0.665. The number of carbonyl (C=O) groups is 1. The lowest BCUT2D eigenvalue weighted by Crippen LogP contribution is -2.59. The summed E-state index contributed by atoms with van der Waals surface area (Å²) in [6.45, 7) is 4.81. The molecule has 0 aromatic heterocycles. The van der Waals surface area contributed by atoms with E-state index in [1.807, 2.05) is 6.92 Å². The molecule has 0 radical (unpaired) electrons. The van der Waals surface area contributed by atoms with Gasteiger partial charge in [-0.1, -0.05) is 0 Å². The first-order valence-electron chi connectivity index (χ1n) is 4.03. The summed E-state index contributed by atoms with van der Waals surface area (Å²) in [4.78, 5) is 11.2. The van der Waals surface area contributed by atoms with E-state index in [0.29, 0.717) is 13.2 Å². The molecule has 0 aliphatic carbocycles. The summed E-state index contributed by atoms with van der Waals surface area (Å²) < 4.78 is 10.00. The van der Waals surface area contributed by atoms with Crippen molar-refractivity contribution in [3.8, 4) is 0 Å². The van der Waals surface area contributed by atoms with Crippen LogP contribution in [0.1, 0.15) is 13.8 Å². The number of ether oxygens (including phenoxy) is 2. The van der Waals surface area contributed by atoms with Crippen LogP contribution in [0, 0.1) is 0 Å². The second-order valence-electron chi connectivity index (χ2n) is 3.33. The van der Waals surface area contributed by atoms with Gasteiger partial charge < -0.3 is 9.47 Å². The second kappa shape index (κ2) is 3.41. The van der Waals surface area contributed by atoms with E-state index in [-0.39, 0.29) is 12.1 Å².